The van der Waals surface area contributed by atoms with E-state index in [9.17, 15) is 0 Å². The molecular formula is C14H9BrN4S. The first-order chi connectivity index (χ1) is 9.65. The molecule has 0 aliphatic heterocycles. The number of imidazole rings is 1. The lowest BCUT2D eigenvalue weighted by Crippen LogP contribution is -1.82. The molecule has 2 aromatic carbocycles. The minimum atomic E-state index is 0.617. The lowest BCUT2D eigenvalue weighted by atomic mass is 10.2. The van der Waals surface area contributed by atoms with Crippen molar-refractivity contribution in [3.8, 4) is 6.07 Å². The lowest BCUT2D eigenvalue weighted by Gasteiger charge is -2.00. The van der Waals surface area contributed by atoms with Gasteiger partial charge in [-0.3, -0.25) is 0 Å². The zero-order valence-electron chi connectivity index (χ0n) is 10.2. The van der Waals surface area contributed by atoms with Crippen molar-refractivity contribution in [3.05, 3.63) is 46.4 Å². The van der Waals surface area contributed by atoms with Gasteiger partial charge in [-0.2, -0.15) is 5.26 Å². The number of H-pyrrole nitrogens is 1. The number of nitriles is 1. The molecule has 3 N–H and O–H groups in total. The number of nitrogens with zero attached hydrogens (tertiary/aromatic N) is 2. The second kappa shape index (κ2) is 5.19. The van der Waals surface area contributed by atoms with Crippen LogP contribution in [0.1, 0.15) is 5.56 Å². The summed E-state index contributed by atoms with van der Waals surface area (Å²) < 4.78 is 0.783. The van der Waals surface area contributed by atoms with Crippen LogP contribution in [0.5, 0.6) is 0 Å². The van der Waals surface area contributed by atoms with Crippen LogP contribution in [0.15, 0.2) is 50.9 Å². The Labute approximate surface area is 128 Å². The van der Waals surface area contributed by atoms with E-state index in [4.69, 9.17) is 11.0 Å². The van der Waals surface area contributed by atoms with Gasteiger partial charge in [-0.1, -0.05) is 11.8 Å². The molecule has 0 amide bonds. The number of nitrogens with one attached hydrogen (secondary N) is 1. The number of hydrogen-bond acceptors (Lipinski definition) is 4. The van der Waals surface area contributed by atoms with Gasteiger partial charge in [0.05, 0.1) is 16.6 Å². The van der Waals surface area contributed by atoms with Crippen LogP contribution < -0.4 is 5.73 Å². The first kappa shape index (κ1) is 13.0. The van der Waals surface area contributed by atoms with Crippen LogP contribution in [0.25, 0.3) is 11.0 Å². The predicted octanol–water partition coefficient (Wildman–Crippen LogP) is 3.93. The summed E-state index contributed by atoms with van der Waals surface area (Å²) in [5, 5.41) is 9.70. The van der Waals surface area contributed by atoms with Crippen molar-refractivity contribution in [2.75, 3.05) is 5.73 Å². The van der Waals surface area contributed by atoms with Gasteiger partial charge in [-0.25, -0.2) is 4.98 Å². The van der Waals surface area contributed by atoms with Crippen LogP contribution in [0.4, 0.5) is 5.69 Å². The highest BCUT2D eigenvalue weighted by Crippen LogP contribution is 2.30. The Hall–Kier alpha value is -1.97. The Balaban J connectivity index is 1.93. The minimum absolute atomic E-state index is 0.617. The van der Waals surface area contributed by atoms with Crippen LogP contribution >= 0.6 is 27.7 Å². The van der Waals surface area contributed by atoms with Crippen LogP contribution in [0.2, 0.25) is 0 Å². The molecule has 3 rings (SSSR count). The Morgan fingerprint density at radius 2 is 2.10 bits per heavy atom. The average molecular weight is 345 g/mol. The van der Waals surface area contributed by atoms with Crippen LogP contribution in [0.3, 0.4) is 0 Å². The lowest BCUT2D eigenvalue weighted by molar-refractivity contribution is 1.08. The smallest absolute Gasteiger partial charge is 0.171 e. The largest absolute Gasteiger partial charge is 0.399 e. The third kappa shape index (κ3) is 2.50. The molecule has 0 fully saturated rings. The quantitative estimate of drug-likeness (QED) is 0.690. The molecule has 0 saturated carbocycles. The van der Waals surface area contributed by atoms with Crippen LogP contribution in [0, 0.1) is 11.3 Å². The zero-order valence-corrected chi connectivity index (χ0v) is 12.6. The van der Waals surface area contributed by atoms with Crippen molar-refractivity contribution < 1.29 is 0 Å². The molecule has 3 aromatic rings. The van der Waals surface area contributed by atoms with Crippen molar-refractivity contribution in [3.63, 3.8) is 0 Å². The number of aromatic nitrogens is 2. The molecule has 1 aromatic heterocycles. The van der Waals surface area contributed by atoms with E-state index in [1.807, 2.05) is 30.3 Å². The van der Waals surface area contributed by atoms with Gasteiger partial charge in [0.25, 0.3) is 0 Å². The molecular weight excluding hydrogens is 336 g/mol. The zero-order chi connectivity index (χ0) is 14.1. The molecule has 1 heterocycles. The molecule has 4 nitrogen and oxygen atoms in total. The van der Waals surface area contributed by atoms with Crippen LogP contribution in [-0.4, -0.2) is 9.97 Å². The molecule has 0 radical (unpaired) electrons. The number of hydrogen-bond donors (Lipinski definition) is 2. The molecule has 0 atom stereocenters. The highest BCUT2D eigenvalue weighted by Gasteiger charge is 2.07. The Kier molecular flexibility index (Phi) is 3.38. The fraction of sp³-hybridized carbons (Fsp3) is 0. The molecule has 0 unspecified atom stereocenters. The predicted molar refractivity (Wildman–Crippen MR) is 83.5 cm³/mol. The fourth-order valence-corrected chi connectivity index (χ4v) is 3.27. The summed E-state index contributed by atoms with van der Waals surface area (Å²) in [6, 6.07) is 13.3. The first-order valence-corrected chi connectivity index (χ1v) is 7.39. The Morgan fingerprint density at radius 1 is 1.25 bits per heavy atom. The van der Waals surface area contributed by atoms with Gasteiger partial charge in [0, 0.05) is 15.1 Å². The summed E-state index contributed by atoms with van der Waals surface area (Å²) in [5.41, 5.74) is 8.87. The molecule has 0 saturated heterocycles. The van der Waals surface area contributed by atoms with Gasteiger partial charge >= 0.3 is 0 Å². The average Bonchev–Trinajstić information content (AvgIpc) is 2.80. The summed E-state index contributed by atoms with van der Waals surface area (Å²) in [6.07, 6.45) is 0. The summed E-state index contributed by atoms with van der Waals surface area (Å²) >= 11 is 4.89. The standard InChI is InChI=1S/C14H9BrN4S/c15-11-6-10(3-1-8(11)7-16)20-14-18-12-4-2-9(17)5-13(12)19-14/h1-6H,17H2,(H,18,19). The molecule has 0 aliphatic rings. The maximum atomic E-state index is 8.90. The van der Waals surface area contributed by atoms with E-state index in [1.165, 1.54) is 11.8 Å². The highest BCUT2D eigenvalue weighted by molar-refractivity contribution is 9.10. The summed E-state index contributed by atoms with van der Waals surface area (Å²) in [7, 11) is 0. The minimum Gasteiger partial charge on any atom is -0.399 e. The van der Waals surface area contributed by atoms with E-state index < -0.39 is 0 Å². The first-order valence-electron chi connectivity index (χ1n) is 5.78. The second-order valence-corrected chi connectivity index (χ2v) is 6.09. The maximum Gasteiger partial charge on any atom is 0.171 e. The highest BCUT2D eigenvalue weighted by atomic mass is 79.9. The van der Waals surface area contributed by atoms with Gasteiger partial charge in [0.1, 0.15) is 6.07 Å². The van der Waals surface area contributed by atoms with Gasteiger partial charge in [-0.05, 0) is 52.3 Å². The van der Waals surface area contributed by atoms with Crippen LogP contribution in [-0.2, 0) is 0 Å². The van der Waals surface area contributed by atoms with Crippen molar-refractivity contribution in [1.82, 2.24) is 9.97 Å². The monoisotopic (exact) mass is 344 g/mol. The number of nitrogens with two attached hydrogens (primary N) is 1. The van der Waals surface area contributed by atoms with Gasteiger partial charge < -0.3 is 10.7 Å². The SMILES string of the molecule is N#Cc1ccc(Sc2nc3ccc(N)cc3[nH]2)cc1Br. The van der Waals surface area contributed by atoms with Gasteiger partial charge in [0.2, 0.25) is 0 Å². The topological polar surface area (TPSA) is 78.5 Å². The Morgan fingerprint density at radius 3 is 2.85 bits per heavy atom. The molecule has 98 valence electrons. The summed E-state index contributed by atoms with van der Waals surface area (Å²) in [5.74, 6) is 0. The van der Waals surface area contributed by atoms with Gasteiger partial charge in [0.15, 0.2) is 5.16 Å². The number of fused-ring (bicyclic) bond motifs is 1. The second-order valence-electron chi connectivity index (χ2n) is 4.17. The van der Waals surface area contributed by atoms with Gasteiger partial charge in [-0.15, -0.1) is 0 Å². The third-order valence-electron chi connectivity index (χ3n) is 2.76. The van der Waals surface area contributed by atoms with Crippen molar-refractivity contribution >= 4 is 44.4 Å². The number of nitrogen functional groups attached to an aromatic ring is 1. The molecule has 0 bridgehead atoms. The summed E-state index contributed by atoms with van der Waals surface area (Å²) in [6.45, 7) is 0. The van der Waals surface area contributed by atoms with Crippen molar-refractivity contribution in [2.45, 2.75) is 10.1 Å². The third-order valence-corrected chi connectivity index (χ3v) is 4.29. The number of anilines is 1. The van der Waals surface area contributed by atoms with E-state index >= 15 is 0 Å². The van der Waals surface area contributed by atoms with E-state index in [1.54, 1.807) is 6.07 Å². The number of rotatable bonds is 2. The number of halogens is 1. The maximum absolute atomic E-state index is 8.90. The molecule has 6 heteroatoms. The molecule has 20 heavy (non-hydrogen) atoms. The molecule has 0 aliphatic carbocycles. The van der Waals surface area contributed by atoms with E-state index in [-0.39, 0.29) is 0 Å². The van der Waals surface area contributed by atoms with E-state index in [0.717, 1.165) is 25.6 Å². The number of benzene rings is 2. The summed E-state index contributed by atoms with van der Waals surface area (Å²) in [4.78, 5) is 8.72. The molecule has 0 spiro atoms. The Bertz CT molecular complexity index is 835. The normalized spacial score (nSPS) is 10.6. The number of aromatic amines is 1. The fourth-order valence-electron chi connectivity index (χ4n) is 1.81. The van der Waals surface area contributed by atoms with E-state index in [0.29, 0.717) is 11.3 Å². The van der Waals surface area contributed by atoms with E-state index in [2.05, 4.69) is 32.0 Å². The van der Waals surface area contributed by atoms with Crippen molar-refractivity contribution in [1.29, 1.82) is 5.26 Å². The van der Waals surface area contributed by atoms with Crippen molar-refractivity contribution in [2.24, 2.45) is 0 Å².